The molecule has 0 bridgehead atoms. The minimum absolute atomic E-state index is 0.330. The molecule has 0 saturated heterocycles. The smallest absolute Gasteiger partial charge is 0.271 e. The maximum Gasteiger partial charge on any atom is 0.271 e. The number of ether oxygens (including phenoxy) is 3. The van der Waals surface area contributed by atoms with Crippen LogP contribution in [0, 0.1) is 0 Å². The van der Waals surface area contributed by atoms with E-state index in [1.165, 1.54) is 0 Å². The van der Waals surface area contributed by atoms with Gasteiger partial charge in [0.1, 0.15) is 5.75 Å². The molecule has 144 valence electrons. The van der Waals surface area contributed by atoms with E-state index < -0.39 is 0 Å². The SMILES string of the molecule is CCCOc1ccc(C(=O)N/N=C/c2ccccc2OCC)cc1OCC. The lowest BCUT2D eigenvalue weighted by molar-refractivity contribution is 0.0954. The first kappa shape index (κ1) is 20.3. The highest BCUT2D eigenvalue weighted by Crippen LogP contribution is 2.28. The Kier molecular flexibility index (Phi) is 8.16. The summed E-state index contributed by atoms with van der Waals surface area (Å²) in [6.07, 6.45) is 2.46. The molecule has 2 aromatic rings. The molecule has 1 N–H and O–H groups in total. The van der Waals surface area contributed by atoms with Gasteiger partial charge in [-0.05, 0) is 50.6 Å². The number of hydrogen-bond donors (Lipinski definition) is 1. The lowest BCUT2D eigenvalue weighted by Gasteiger charge is -2.12. The Balaban J connectivity index is 2.08. The van der Waals surface area contributed by atoms with Gasteiger partial charge in [0, 0.05) is 11.1 Å². The first-order valence-corrected chi connectivity index (χ1v) is 9.14. The molecule has 0 aliphatic carbocycles. The standard InChI is InChI=1S/C21H26N2O4/c1-4-13-27-19-12-11-16(14-20(19)26-6-3)21(24)23-22-15-17-9-7-8-10-18(17)25-5-2/h7-12,14-15H,4-6,13H2,1-3H3,(H,23,24)/b22-15+. The van der Waals surface area contributed by atoms with Gasteiger partial charge in [0.05, 0.1) is 26.0 Å². The third-order valence-corrected chi connectivity index (χ3v) is 3.56. The van der Waals surface area contributed by atoms with Gasteiger partial charge in [-0.3, -0.25) is 4.79 Å². The number of rotatable bonds is 10. The summed E-state index contributed by atoms with van der Waals surface area (Å²) in [7, 11) is 0. The predicted octanol–water partition coefficient (Wildman–Crippen LogP) is 4.04. The molecule has 0 atom stereocenters. The average Bonchev–Trinajstić information content (AvgIpc) is 2.68. The van der Waals surface area contributed by atoms with Crippen LogP contribution in [-0.4, -0.2) is 31.9 Å². The summed E-state index contributed by atoms with van der Waals surface area (Å²) in [6, 6.07) is 12.6. The summed E-state index contributed by atoms with van der Waals surface area (Å²) >= 11 is 0. The maximum absolute atomic E-state index is 12.4. The second kappa shape index (κ2) is 10.9. The van der Waals surface area contributed by atoms with E-state index in [1.54, 1.807) is 24.4 Å². The zero-order valence-electron chi connectivity index (χ0n) is 16.0. The molecule has 2 rings (SSSR count). The third kappa shape index (κ3) is 6.02. The van der Waals surface area contributed by atoms with Gasteiger partial charge in [0.25, 0.3) is 5.91 Å². The van der Waals surface area contributed by atoms with Crippen LogP contribution in [0.15, 0.2) is 47.6 Å². The van der Waals surface area contributed by atoms with Crippen molar-refractivity contribution in [2.75, 3.05) is 19.8 Å². The number of nitrogens with one attached hydrogen (secondary N) is 1. The molecule has 0 aliphatic heterocycles. The highest BCUT2D eigenvalue weighted by molar-refractivity contribution is 5.95. The Morgan fingerprint density at radius 2 is 1.70 bits per heavy atom. The monoisotopic (exact) mass is 370 g/mol. The largest absolute Gasteiger partial charge is 0.493 e. The van der Waals surface area contributed by atoms with Crippen molar-refractivity contribution in [1.29, 1.82) is 0 Å². The Morgan fingerprint density at radius 3 is 2.44 bits per heavy atom. The molecule has 0 unspecified atom stereocenters. The van der Waals surface area contributed by atoms with Crippen LogP contribution in [0.1, 0.15) is 43.1 Å². The summed E-state index contributed by atoms with van der Waals surface area (Å²) in [5, 5.41) is 4.03. The van der Waals surface area contributed by atoms with E-state index in [9.17, 15) is 4.79 Å². The molecule has 0 radical (unpaired) electrons. The van der Waals surface area contributed by atoms with Crippen LogP contribution in [0.5, 0.6) is 17.2 Å². The van der Waals surface area contributed by atoms with Gasteiger partial charge < -0.3 is 14.2 Å². The molecule has 6 nitrogen and oxygen atoms in total. The summed E-state index contributed by atoms with van der Waals surface area (Å²) in [5.74, 6) is 1.56. The fourth-order valence-electron chi connectivity index (χ4n) is 2.35. The Labute approximate surface area is 160 Å². The van der Waals surface area contributed by atoms with Crippen LogP contribution in [0.2, 0.25) is 0 Å². The van der Waals surface area contributed by atoms with E-state index in [1.807, 2.05) is 45.0 Å². The third-order valence-electron chi connectivity index (χ3n) is 3.56. The molecule has 6 heteroatoms. The molecular formula is C21H26N2O4. The maximum atomic E-state index is 12.4. The van der Waals surface area contributed by atoms with Gasteiger partial charge in [-0.1, -0.05) is 19.1 Å². The van der Waals surface area contributed by atoms with Crippen LogP contribution in [0.25, 0.3) is 0 Å². The van der Waals surface area contributed by atoms with Crippen molar-refractivity contribution in [1.82, 2.24) is 5.43 Å². The van der Waals surface area contributed by atoms with Crippen LogP contribution >= 0.6 is 0 Å². The van der Waals surface area contributed by atoms with Crippen LogP contribution in [-0.2, 0) is 0 Å². The van der Waals surface area contributed by atoms with Crippen molar-refractivity contribution in [3.63, 3.8) is 0 Å². The van der Waals surface area contributed by atoms with E-state index >= 15 is 0 Å². The van der Waals surface area contributed by atoms with Crippen molar-refractivity contribution in [2.45, 2.75) is 27.2 Å². The van der Waals surface area contributed by atoms with Crippen LogP contribution < -0.4 is 19.6 Å². The van der Waals surface area contributed by atoms with E-state index in [2.05, 4.69) is 10.5 Å². The lowest BCUT2D eigenvalue weighted by Crippen LogP contribution is -2.18. The molecule has 0 fully saturated rings. The Bertz CT molecular complexity index is 775. The van der Waals surface area contributed by atoms with E-state index in [0.717, 1.165) is 12.0 Å². The summed E-state index contributed by atoms with van der Waals surface area (Å²) in [5.41, 5.74) is 3.76. The molecule has 0 heterocycles. The Hall–Kier alpha value is -3.02. The fourth-order valence-corrected chi connectivity index (χ4v) is 2.35. The van der Waals surface area contributed by atoms with Gasteiger partial charge in [0.2, 0.25) is 0 Å². The highest BCUT2D eigenvalue weighted by Gasteiger charge is 2.11. The molecule has 1 amide bonds. The van der Waals surface area contributed by atoms with Crippen LogP contribution in [0.4, 0.5) is 0 Å². The first-order chi connectivity index (χ1) is 13.2. The molecule has 2 aromatic carbocycles. The van der Waals surface area contributed by atoms with Crippen LogP contribution in [0.3, 0.4) is 0 Å². The summed E-state index contributed by atoms with van der Waals surface area (Å²) in [4.78, 5) is 12.4. The van der Waals surface area contributed by atoms with E-state index in [0.29, 0.717) is 42.6 Å². The number of hydrazone groups is 1. The molecular weight excluding hydrogens is 344 g/mol. The number of carbonyl (C=O) groups is 1. The quantitative estimate of drug-likeness (QED) is 0.506. The van der Waals surface area contributed by atoms with Gasteiger partial charge in [-0.25, -0.2) is 5.43 Å². The van der Waals surface area contributed by atoms with Crippen molar-refractivity contribution in [3.8, 4) is 17.2 Å². The molecule has 0 saturated carbocycles. The number of nitrogens with zero attached hydrogens (tertiary/aromatic N) is 1. The van der Waals surface area contributed by atoms with Gasteiger partial charge in [0.15, 0.2) is 11.5 Å². The Morgan fingerprint density at radius 1 is 0.963 bits per heavy atom. The van der Waals surface area contributed by atoms with E-state index in [4.69, 9.17) is 14.2 Å². The zero-order chi connectivity index (χ0) is 19.5. The molecule has 0 spiro atoms. The fraction of sp³-hybridized carbons (Fsp3) is 0.333. The van der Waals surface area contributed by atoms with Crippen molar-refractivity contribution in [2.24, 2.45) is 5.10 Å². The predicted molar refractivity (Wildman–Crippen MR) is 106 cm³/mol. The van der Waals surface area contributed by atoms with Crippen molar-refractivity contribution < 1.29 is 19.0 Å². The minimum atomic E-state index is -0.330. The van der Waals surface area contributed by atoms with Crippen molar-refractivity contribution in [3.05, 3.63) is 53.6 Å². The number of para-hydroxylation sites is 1. The zero-order valence-corrected chi connectivity index (χ0v) is 16.0. The van der Waals surface area contributed by atoms with Gasteiger partial charge >= 0.3 is 0 Å². The second-order valence-electron chi connectivity index (χ2n) is 5.61. The number of hydrogen-bond acceptors (Lipinski definition) is 5. The first-order valence-electron chi connectivity index (χ1n) is 9.14. The molecule has 0 aromatic heterocycles. The average molecular weight is 370 g/mol. The number of carbonyl (C=O) groups excluding carboxylic acids is 1. The molecule has 27 heavy (non-hydrogen) atoms. The summed E-state index contributed by atoms with van der Waals surface area (Å²) in [6.45, 7) is 7.47. The topological polar surface area (TPSA) is 69.2 Å². The second-order valence-corrected chi connectivity index (χ2v) is 5.61. The van der Waals surface area contributed by atoms with Crippen molar-refractivity contribution >= 4 is 12.1 Å². The van der Waals surface area contributed by atoms with E-state index in [-0.39, 0.29) is 5.91 Å². The summed E-state index contributed by atoms with van der Waals surface area (Å²) < 4.78 is 16.8. The molecule has 0 aliphatic rings. The number of benzene rings is 2. The normalized spacial score (nSPS) is 10.6. The van der Waals surface area contributed by atoms with Gasteiger partial charge in [-0.2, -0.15) is 5.10 Å². The lowest BCUT2D eigenvalue weighted by atomic mass is 10.2. The minimum Gasteiger partial charge on any atom is -0.493 e. The number of amides is 1. The van der Waals surface area contributed by atoms with Gasteiger partial charge in [-0.15, -0.1) is 0 Å². The highest BCUT2D eigenvalue weighted by atomic mass is 16.5.